The first-order valence-electron chi connectivity index (χ1n) is 6.79. The Kier molecular flexibility index (Phi) is 3.71. The van der Waals surface area contributed by atoms with E-state index in [1.54, 1.807) is 7.11 Å². The highest BCUT2D eigenvalue weighted by Gasteiger charge is 2.09. The maximum atomic E-state index is 11.8. The number of fused-ring (bicyclic) bond motifs is 1. The van der Waals surface area contributed by atoms with Gasteiger partial charge in [-0.2, -0.15) is 0 Å². The lowest BCUT2D eigenvalue weighted by atomic mass is 10.2. The molecular formula is C15H14N4O4. The molecule has 0 saturated carbocycles. The summed E-state index contributed by atoms with van der Waals surface area (Å²) >= 11 is 0. The van der Waals surface area contributed by atoms with E-state index in [4.69, 9.17) is 4.74 Å². The molecule has 3 rings (SSSR count). The van der Waals surface area contributed by atoms with E-state index in [1.165, 1.54) is 12.3 Å². The third-order valence-electron chi connectivity index (χ3n) is 3.41. The van der Waals surface area contributed by atoms with E-state index in [2.05, 4.69) is 15.3 Å². The number of benzene rings is 1. The number of rotatable bonds is 4. The van der Waals surface area contributed by atoms with E-state index in [0.717, 1.165) is 11.3 Å². The van der Waals surface area contributed by atoms with Crippen LogP contribution in [0, 0.1) is 0 Å². The van der Waals surface area contributed by atoms with E-state index in [1.807, 2.05) is 24.3 Å². The molecule has 0 spiro atoms. The first-order valence-corrected chi connectivity index (χ1v) is 6.79. The minimum absolute atomic E-state index is 0.00488. The lowest BCUT2D eigenvalue weighted by Gasteiger charge is -2.11. The van der Waals surface area contributed by atoms with Gasteiger partial charge in [-0.25, -0.2) is 9.78 Å². The minimum atomic E-state index is -0.656. The van der Waals surface area contributed by atoms with E-state index >= 15 is 0 Å². The molecule has 1 aromatic carbocycles. The van der Waals surface area contributed by atoms with Crippen molar-refractivity contribution >= 4 is 16.7 Å². The van der Waals surface area contributed by atoms with E-state index < -0.39 is 11.2 Å². The molecular weight excluding hydrogens is 300 g/mol. The molecule has 0 amide bonds. The second-order valence-electron chi connectivity index (χ2n) is 4.86. The molecule has 0 aliphatic rings. The number of ether oxygens (including phenoxy) is 1. The van der Waals surface area contributed by atoms with Crippen molar-refractivity contribution in [3.63, 3.8) is 0 Å². The SMILES string of the molecule is COc1ccc(CNc2cc(=O)n(O)c3[nH]c(=O)ncc23)cc1. The van der Waals surface area contributed by atoms with Crippen LogP contribution in [0.15, 0.2) is 46.1 Å². The van der Waals surface area contributed by atoms with Crippen LogP contribution in [0.3, 0.4) is 0 Å². The van der Waals surface area contributed by atoms with Gasteiger partial charge in [0.05, 0.1) is 18.2 Å². The number of H-pyrrole nitrogens is 1. The number of hydrogen-bond acceptors (Lipinski definition) is 6. The quantitative estimate of drug-likeness (QED) is 0.618. The monoisotopic (exact) mass is 314 g/mol. The molecule has 23 heavy (non-hydrogen) atoms. The third kappa shape index (κ3) is 2.86. The minimum Gasteiger partial charge on any atom is -0.497 e. The van der Waals surface area contributed by atoms with Crippen LogP contribution in [-0.2, 0) is 6.54 Å². The highest BCUT2D eigenvalue weighted by Crippen LogP contribution is 2.19. The molecule has 3 aromatic rings. The Labute approximate surface area is 130 Å². The van der Waals surface area contributed by atoms with Gasteiger partial charge in [-0.3, -0.25) is 9.78 Å². The molecule has 3 N–H and O–H groups in total. The summed E-state index contributed by atoms with van der Waals surface area (Å²) in [5.41, 5.74) is 0.137. The average Bonchev–Trinajstić information content (AvgIpc) is 2.57. The van der Waals surface area contributed by atoms with Gasteiger partial charge in [-0.05, 0) is 17.7 Å². The molecule has 0 fully saturated rings. The zero-order chi connectivity index (χ0) is 16.4. The second-order valence-corrected chi connectivity index (χ2v) is 4.86. The van der Waals surface area contributed by atoms with Gasteiger partial charge in [-0.15, -0.1) is 4.73 Å². The lowest BCUT2D eigenvalue weighted by molar-refractivity contribution is 0.186. The van der Waals surface area contributed by atoms with Crippen LogP contribution in [0.1, 0.15) is 5.56 Å². The Hall–Kier alpha value is -3.29. The van der Waals surface area contributed by atoms with Crippen LogP contribution in [0.25, 0.3) is 11.0 Å². The third-order valence-corrected chi connectivity index (χ3v) is 3.41. The Morgan fingerprint density at radius 1 is 1.30 bits per heavy atom. The molecule has 8 heteroatoms. The zero-order valence-corrected chi connectivity index (χ0v) is 12.2. The van der Waals surface area contributed by atoms with Crippen molar-refractivity contribution in [3.8, 4) is 5.75 Å². The van der Waals surface area contributed by atoms with Crippen LogP contribution in [0.5, 0.6) is 5.75 Å². The normalized spacial score (nSPS) is 10.7. The van der Waals surface area contributed by atoms with E-state index in [9.17, 15) is 14.8 Å². The van der Waals surface area contributed by atoms with Crippen molar-refractivity contribution in [2.75, 3.05) is 12.4 Å². The van der Waals surface area contributed by atoms with Crippen LogP contribution in [0.2, 0.25) is 0 Å². The van der Waals surface area contributed by atoms with E-state index in [-0.39, 0.29) is 5.65 Å². The first kappa shape index (κ1) is 14.6. The van der Waals surface area contributed by atoms with Crippen molar-refractivity contribution in [3.05, 3.63) is 62.9 Å². The van der Waals surface area contributed by atoms with Gasteiger partial charge in [0.15, 0.2) is 5.65 Å². The molecule has 0 radical (unpaired) electrons. The standard InChI is InChI=1S/C15H14N4O4/c1-23-10-4-2-9(3-5-10)7-16-12-6-13(20)19(22)14-11(12)8-17-15(21)18-14/h2-6,8,16,22H,7H2,1H3,(H,17,18,21). The topological polar surface area (TPSA) is 109 Å². The maximum absolute atomic E-state index is 11.8. The van der Waals surface area contributed by atoms with Gasteiger partial charge in [0, 0.05) is 18.8 Å². The molecule has 2 aromatic heterocycles. The summed E-state index contributed by atoms with van der Waals surface area (Å²) in [6.07, 6.45) is 1.30. The van der Waals surface area contributed by atoms with Crippen molar-refractivity contribution in [1.29, 1.82) is 0 Å². The first-order chi connectivity index (χ1) is 11.1. The maximum Gasteiger partial charge on any atom is 0.346 e. The number of aromatic nitrogens is 3. The fourth-order valence-electron chi connectivity index (χ4n) is 2.21. The van der Waals surface area contributed by atoms with Crippen LogP contribution < -0.4 is 21.3 Å². The van der Waals surface area contributed by atoms with Gasteiger partial charge < -0.3 is 15.3 Å². The summed E-state index contributed by atoms with van der Waals surface area (Å²) in [6, 6.07) is 8.69. The van der Waals surface area contributed by atoms with Gasteiger partial charge in [-0.1, -0.05) is 12.1 Å². The van der Waals surface area contributed by atoms with Crippen LogP contribution in [0.4, 0.5) is 5.69 Å². The van der Waals surface area contributed by atoms with Gasteiger partial charge in [0.2, 0.25) is 0 Å². The number of hydrogen-bond donors (Lipinski definition) is 3. The molecule has 0 bridgehead atoms. The fourth-order valence-corrected chi connectivity index (χ4v) is 2.21. The molecule has 2 heterocycles. The Balaban J connectivity index is 1.94. The number of nitrogens with one attached hydrogen (secondary N) is 2. The molecule has 0 saturated heterocycles. The molecule has 0 atom stereocenters. The van der Waals surface area contributed by atoms with Gasteiger partial charge in [0.25, 0.3) is 5.56 Å². The smallest absolute Gasteiger partial charge is 0.346 e. The largest absolute Gasteiger partial charge is 0.497 e. The molecule has 0 aliphatic heterocycles. The highest BCUT2D eigenvalue weighted by atomic mass is 16.5. The summed E-state index contributed by atoms with van der Waals surface area (Å²) in [6.45, 7) is 0.451. The summed E-state index contributed by atoms with van der Waals surface area (Å²) in [4.78, 5) is 29.0. The molecule has 8 nitrogen and oxygen atoms in total. The fraction of sp³-hybridized carbons (Fsp3) is 0.133. The van der Waals surface area contributed by atoms with Crippen molar-refractivity contribution in [2.24, 2.45) is 0 Å². The summed E-state index contributed by atoms with van der Waals surface area (Å²) in [5, 5.41) is 13.2. The Morgan fingerprint density at radius 2 is 2.04 bits per heavy atom. The predicted octanol–water partition coefficient (Wildman–Crippen LogP) is 0.943. The van der Waals surface area contributed by atoms with Gasteiger partial charge >= 0.3 is 5.69 Å². The van der Waals surface area contributed by atoms with Crippen molar-refractivity contribution < 1.29 is 9.94 Å². The predicted molar refractivity (Wildman–Crippen MR) is 84.1 cm³/mol. The van der Waals surface area contributed by atoms with Gasteiger partial charge in [0.1, 0.15) is 5.75 Å². The lowest BCUT2D eigenvalue weighted by Crippen LogP contribution is -2.22. The molecule has 0 unspecified atom stereocenters. The Bertz CT molecular complexity index is 960. The number of nitrogens with zero attached hydrogens (tertiary/aromatic N) is 2. The second kappa shape index (κ2) is 5.84. The van der Waals surface area contributed by atoms with E-state index in [0.29, 0.717) is 22.3 Å². The van der Waals surface area contributed by atoms with Crippen LogP contribution in [-0.4, -0.2) is 27.0 Å². The average molecular weight is 314 g/mol. The summed E-state index contributed by atoms with van der Waals surface area (Å²) in [7, 11) is 1.59. The number of methoxy groups -OCH3 is 1. The van der Waals surface area contributed by atoms with Crippen LogP contribution >= 0.6 is 0 Å². The van der Waals surface area contributed by atoms with Crippen molar-refractivity contribution in [1.82, 2.24) is 14.7 Å². The summed E-state index contributed by atoms with van der Waals surface area (Å²) in [5.74, 6) is 0.754. The molecule has 0 aliphatic carbocycles. The Morgan fingerprint density at radius 3 is 2.74 bits per heavy atom. The van der Waals surface area contributed by atoms with Crippen molar-refractivity contribution in [2.45, 2.75) is 6.54 Å². The number of anilines is 1. The number of pyridine rings is 1. The molecule has 118 valence electrons. The number of aromatic amines is 1. The summed E-state index contributed by atoms with van der Waals surface area (Å²) < 4.78 is 5.48. The zero-order valence-electron chi connectivity index (χ0n) is 12.2. The highest BCUT2D eigenvalue weighted by molar-refractivity contribution is 5.87.